The molecule has 0 aliphatic heterocycles. The molecule has 0 spiro atoms. The van der Waals surface area contributed by atoms with Crippen molar-refractivity contribution >= 4 is 35.7 Å². The van der Waals surface area contributed by atoms with Crippen molar-refractivity contribution in [3.8, 4) is 0 Å². The first-order chi connectivity index (χ1) is 2.41. The van der Waals surface area contributed by atoms with Gasteiger partial charge in [0.25, 0.3) is 0 Å². The van der Waals surface area contributed by atoms with Gasteiger partial charge in [-0.3, -0.25) is 0 Å². The fraction of sp³-hybridized carbons (Fsp3) is 1.00. The first-order valence-corrected chi connectivity index (χ1v) is 2.57. The Balaban J connectivity index is -0.0000000800. The van der Waals surface area contributed by atoms with Crippen LogP contribution in [-0.2, 0) is 12.6 Å². The van der Waals surface area contributed by atoms with E-state index < -0.39 is 0 Å². The maximum absolute atomic E-state index is 4.65. The van der Waals surface area contributed by atoms with Gasteiger partial charge in [0.05, 0.1) is 0 Å². The van der Waals surface area contributed by atoms with E-state index in [-0.39, 0.29) is 40.0 Å². The quantitative estimate of drug-likeness (QED) is 0.360. The summed E-state index contributed by atoms with van der Waals surface area (Å²) in [4.78, 5) is 0. The number of rotatable bonds is 2. The molecule has 0 rings (SSSR count). The predicted molar refractivity (Wildman–Crippen MR) is 32.9 cm³/mol. The molecule has 0 nitrogen and oxygen atoms in total. The normalized spacial score (nSPS) is 6.00. The summed E-state index contributed by atoms with van der Waals surface area (Å²) in [5.41, 5.74) is 0. The molecule has 0 heterocycles. The molecule has 0 saturated heterocycles. The van der Waals surface area contributed by atoms with Gasteiger partial charge in [-0.2, -0.15) is 5.75 Å². The molecule has 0 aliphatic carbocycles. The second-order valence-corrected chi connectivity index (χ2v) is 1.47. The molecule has 0 aliphatic rings. The van der Waals surface area contributed by atoms with Gasteiger partial charge in [0, 0.05) is 0 Å². The zero-order valence-electron chi connectivity index (χ0n) is 4.61. The fourth-order valence-electron chi connectivity index (χ4n) is 0.144. The molecular weight excluding hydrogens is 184 g/mol. The molecule has 0 unspecified atom stereocenters. The predicted octanol–water partition coefficient (Wildman–Crippen LogP) is -2.04. The van der Waals surface area contributed by atoms with Crippen LogP contribution in [0, 0.1) is 0 Å². The first kappa shape index (κ1) is 15.8. The van der Waals surface area contributed by atoms with Crippen LogP contribution in [0.25, 0.3) is 0 Å². The Hall–Kier alpha value is 1.60. The first-order valence-electron chi connectivity index (χ1n) is 2.00. The third kappa shape index (κ3) is 18.4. The molecule has 40 valence electrons. The molecule has 0 aromatic carbocycles. The number of halogens is 1. The second-order valence-electron chi connectivity index (χ2n) is 1.06. The van der Waals surface area contributed by atoms with Crippen LogP contribution in [0.4, 0.5) is 0 Å². The SMILES string of the molecule is CCCC[S-].[Br-].[Mg+2]. The molecule has 0 N–H and O–H groups in total. The molecule has 0 aromatic rings. The minimum atomic E-state index is 0. The monoisotopic (exact) mass is 192 g/mol. The van der Waals surface area contributed by atoms with E-state index in [4.69, 9.17) is 0 Å². The third-order valence-corrected chi connectivity index (χ3v) is 0.787. The summed E-state index contributed by atoms with van der Waals surface area (Å²) < 4.78 is 0. The number of hydrogen-bond donors (Lipinski definition) is 0. The van der Waals surface area contributed by atoms with Crippen LogP contribution in [0.2, 0.25) is 0 Å². The zero-order chi connectivity index (χ0) is 4.12. The van der Waals surface area contributed by atoms with Gasteiger partial charge in [-0.15, -0.1) is 0 Å². The van der Waals surface area contributed by atoms with Crippen LogP contribution in [0.3, 0.4) is 0 Å². The van der Waals surface area contributed by atoms with Gasteiger partial charge in [-0.1, -0.05) is 19.8 Å². The molecule has 0 bridgehead atoms. The van der Waals surface area contributed by atoms with Crippen LogP contribution in [0.15, 0.2) is 0 Å². The van der Waals surface area contributed by atoms with E-state index in [0.29, 0.717) is 0 Å². The number of unbranched alkanes of at least 4 members (excludes halogenated alkanes) is 1. The Bertz CT molecular complexity index is 19.2. The van der Waals surface area contributed by atoms with Gasteiger partial charge in [-0.05, 0) is 0 Å². The van der Waals surface area contributed by atoms with Crippen LogP contribution < -0.4 is 17.0 Å². The van der Waals surface area contributed by atoms with Crippen molar-refractivity contribution in [2.45, 2.75) is 19.8 Å². The Morgan fingerprint density at radius 2 is 1.86 bits per heavy atom. The van der Waals surface area contributed by atoms with Crippen LogP contribution in [0.1, 0.15) is 19.8 Å². The number of hydrogen-bond acceptors (Lipinski definition) is 1. The average molecular weight is 193 g/mol. The van der Waals surface area contributed by atoms with Crippen LogP contribution in [0.5, 0.6) is 0 Å². The van der Waals surface area contributed by atoms with Gasteiger partial charge >= 0.3 is 23.1 Å². The topological polar surface area (TPSA) is 0 Å². The Morgan fingerprint density at radius 3 is 1.86 bits per heavy atom. The molecular formula is C4H9BrMgS. The van der Waals surface area contributed by atoms with Crippen molar-refractivity contribution in [3.63, 3.8) is 0 Å². The molecule has 0 amide bonds. The minimum Gasteiger partial charge on any atom is -1.00 e. The summed E-state index contributed by atoms with van der Waals surface area (Å²) in [6.45, 7) is 2.15. The summed E-state index contributed by atoms with van der Waals surface area (Å²) in [6, 6.07) is 0. The smallest absolute Gasteiger partial charge is 1.00 e. The van der Waals surface area contributed by atoms with E-state index in [1.807, 2.05) is 0 Å². The van der Waals surface area contributed by atoms with Gasteiger partial charge in [0.1, 0.15) is 0 Å². The van der Waals surface area contributed by atoms with Crippen molar-refractivity contribution in [2.75, 3.05) is 5.75 Å². The summed E-state index contributed by atoms with van der Waals surface area (Å²) >= 11 is 4.65. The Labute approximate surface area is 77.8 Å². The Morgan fingerprint density at radius 1 is 1.43 bits per heavy atom. The van der Waals surface area contributed by atoms with Crippen molar-refractivity contribution in [2.24, 2.45) is 0 Å². The second kappa shape index (κ2) is 15.6. The standard InChI is InChI=1S/C4H10S.BrH.Mg/c1-2-3-4-5;;/h5H,2-4H2,1H3;1H;/q;;+2/p-2. The van der Waals surface area contributed by atoms with Crippen LogP contribution >= 0.6 is 0 Å². The van der Waals surface area contributed by atoms with Gasteiger partial charge in [0.15, 0.2) is 0 Å². The summed E-state index contributed by atoms with van der Waals surface area (Å²) in [5.74, 6) is 0.927. The zero-order valence-corrected chi connectivity index (χ0v) is 8.43. The van der Waals surface area contributed by atoms with Gasteiger partial charge in [-0.25, -0.2) is 0 Å². The molecule has 0 radical (unpaired) electrons. The third-order valence-electron chi connectivity index (χ3n) is 0.498. The van der Waals surface area contributed by atoms with E-state index in [2.05, 4.69) is 19.6 Å². The summed E-state index contributed by atoms with van der Waals surface area (Å²) in [5, 5.41) is 0. The Kier molecular flexibility index (Phi) is 35.4. The van der Waals surface area contributed by atoms with Crippen molar-refractivity contribution in [1.29, 1.82) is 0 Å². The van der Waals surface area contributed by atoms with E-state index in [1.54, 1.807) is 0 Å². The van der Waals surface area contributed by atoms with E-state index in [9.17, 15) is 0 Å². The summed E-state index contributed by atoms with van der Waals surface area (Å²) in [6.07, 6.45) is 2.44. The van der Waals surface area contributed by atoms with Crippen LogP contribution in [-0.4, -0.2) is 28.8 Å². The molecule has 0 atom stereocenters. The fourth-order valence-corrected chi connectivity index (χ4v) is 0.433. The van der Waals surface area contributed by atoms with E-state index in [0.717, 1.165) is 5.75 Å². The van der Waals surface area contributed by atoms with Crippen molar-refractivity contribution in [3.05, 3.63) is 0 Å². The van der Waals surface area contributed by atoms with E-state index >= 15 is 0 Å². The van der Waals surface area contributed by atoms with Gasteiger partial charge in [0.2, 0.25) is 0 Å². The maximum Gasteiger partial charge on any atom is 2.00 e. The molecule has 0 aromatic heterocycles. The molecule has 0 fully saturated rings. The molecule has 7 heavy (non-hydrogen) atoms. The van der Waals surface area contributed by atoms with E-state index in [1.165, 1.54) is 12.8 Å². The average Bonchev–Trinajstić information content (AvgIpc) is 1.41. The maximum atomic E-state index is 4.65. The molecule has 3 heteroatoms. The minimum absolute atomic E-state index is 0. The molecule has 0 saturated carbocycles. The van der Waals surface area contributed by atoms with Gasteiger partial charge < -0.3 is 29.6 Å². The summed E-state index contributed by atoms with van der Waals surface area (Å²) in [7, 11) is 0. The largest absolute Gasteiger partial charge is 2.00 e. The van der Waals surface area contributed by atoms with Crippen molar-refractivity contribution in [1.82, 2.24) is 0 Å². The van der Waals surface area contributed by atoms with Crippen molar-refractivity contribution < 1.29 is 17.0 Å².